The lowest BCUT2D eigenvalue weighted by molar-refractivity contribution is 0.0903. The van der Waals surface area contributed by atoms with Crippen molar-refractivity contribution in [3.63, 3.8) is 0 Å². The lowest BCUT2D eigenvalue weighted by atomic mass is 9.97. The van der Waals surface area contributed by atoms with Crippen molar-refractivity contribution >= 4 is 11.7 Å². The van der Waals surface area contributed by atoms with Crippen molar-refractivity contribution in [2.45, 2.75) is 51.0 Å². The molecule has 0 atom stereocenters. The Morgan fingerprint density at radius 2 is 2.04 bits per heavy atom. The van der Waals surface area contributed by atoms with Gasteiger partial charge in [0.15, 0.2) is 0 Å². The largest absolute Gasteiger partial charge is 0.357 e. The van der Waals surface area contributed by atoms with Gasteiger partial charge in [-0.1, -0.05) is 19.8 Å². The molecule has 1 amide bonds. The number of rotatable bonds is 4. The smallest absolute Gasteiger partial charge is 0.253 e. The Morgan fingerprint density at radius 3 is 2.61 bits per heavy atom. The van der Waals surface area contributed by atoms with Gasteiger partial charge in [-0.15, -0.1) is 0 Å². The molecule has 1 aliphatic heterocycles. The van der Waals surface area contributed by atoms with Crippen LogP contribution in [0.3, 0.4) is 0 Å². The van der Waals surface area contributed by atoms with Crippen molar-refractivity contribution < 1.29 is 4.79 Å². The molecule has 0 spiro atoms. The SMILES string of the molecule is CC1CCN(c2ccc(C(=O)NC3(CN)CCCC3)cn2)CC1. The summed E-state index contributed by atoms with van der Waals surface area (Å²) >= 11 is 0. The van der Waals surface area contributed by atoms with Crippen LogP contribution in [0.15, 0.2) is 18.3 Å². The first-order chi connectivity index (χ1) is 11.1. The molecule has 1 aromatic heterocycles. The van der Waals surface area contributed by atoms with E-state index in [2.05, 4.69) is 22.1 Å². The fraction of sp³-hybridized carbons (Fsp3) is 0.667. The van der Waals surface area contributed by atoms with E-state index >= 15 is 0 Å². The Kier molecular flexibility index (Phi) is 4.85. The summed E-state index contributed by atoms with van der Waals surface area (Å²) in [7, 11) is 0. The summed E-state index contributed by atoms with van der Waals surface area (Å²) in [4.78, 5) is 19.3. The van der Waals surface area contributed by atoms with E-state index in [4.69, 9.17) is 5.73 Å². The van der Waals surface area contributed by atoms with Crippen molar-refractivity contribution in [2.75, 3.05) is 24.5 Å². The van der Waals surface area contributed by atoms with Gasteiger partial charge in [-0.2, -0.15) is 0 Å². The number of nitrogens with two attached hydrogens (primary N) is 1. The number of nitrogens with zero attached hydrogens (tertiary/aromatic N) is 2. The molecule has 0 radical (unpaired) electrons. The van der Waals surface area contributed by atoms with Crippen LogP contribution in [-0.2, 0) is 0 Å². The second-order valence-electron chi connectivity index (χ2n) is 7.22. The van der Waals surface area contributed by atoms with Gasteiger partial charge in [0.2, 0.25) is 0 Å². The first-order valence-electron chi connectivity index (χ1n) is 8.85. The van der Waals surface area contributed by atoms with Crippen molar-refractivity contribution in [3.05, 3.63) is 23.9 Å². The number of anilines is 1. The second-order valence-corrected chi connectivity index (χ2v) is 7.22. The standard InChI is InChI=1S/C18H28N4O/c1-14-6-10-22(11-7-14)16-5-4-15(12-20-16)17(23)21-18(13-19)8-2-3-9-18/h4-5,12,14H,2-3,6-11,13,19H2,1H3,(H,21,23). The Balaban J connectivity index is 1.63. The second kappa shape index (κ2) is 6.87. The van der Waals surface area contributed by atoms with Crippen LogP contribution in [0.2, 0.25) is 0 Å². The molecule has 5 nitrogen and oxygen atoms in total. The number of carbonyl (C=O) groups is 1. The van der Waals surface area contributed by atoms with Crippen LogP contribution >= 0.6 is 0 Å². The number of pyridine rings is 1. The van der Waals surface area contributed by atoms with E-state index in [1.165, 1.54) is 12.8 Å². The molecule has 3 rings (SSSR count). The van der Waals surface area contributed by atoms with Crippen LogP contribution in [-0.4, -0.2) is 36.1 Å². The van der Waals surface area contributed by atoms with Crippen LogP contribution < -0.4 is 16.0 Å². The minimum absolute atomic E-state index is 0.0522. The highest BCUT2D eigenvalue weighted by atomic mass is 16.1. The van der Waals surface area contributed by atoms with Crippen LogP contribution in [0.1, 0.15) is 55.8 Å². The van der Waals surface area contributed by atoms with Crippen molar-refractivity contribution in [1.82, 2.24) is 10.3 Å². The van der Waals surface area contributed by atoms with Gasteiger partial charge in [0.05, 0.1) is 11.1 Å². The molecule has 2 aliphatic rings. The molecule has 1 saturated heterocycles. The molecule has 2 heterocycles. The molecule has 5 heteroatoms. The minimum atomic E-state index is -0.210. The third kappa shape index (κ3) is 3.66. The predicted octanol–water partition coefficient (Wildman–Crippen LogP) is 2.32. The zero-order chi connectivity index (χ0) is 16.3. The first kappa shape index (κ1) is 16.2. The zero-order valence-electron chi connectivity index (χ0n) is 14.1. The van der Waals surface area contributed by atoms with E-state index in [0.717, 1.165) is 50.5 Å². The number of aromatic nitrogens is 1. The van der Waals surface area contributed by atoms with E-state index in [9.17, 15) is 4.79 Å². The highest BCUT2D eigenvalue weighted by Gasteiger charge is 2.34. The maximum Gasteiger partial charge on any atom is 0.253 e. The molecule has 1 saturated carbocycles. The molecule has 0 unspecified atom stereocenters. The molecular weight excluding hydrogens is 288 g/mol. The molecule has 126 valence electrons. The highest BCUT2D eigenvalue weighted by Crippen LogP contribution is 2.29. The predicted molar refractivity (Wildman–Crippen MR) is 92.6 cm³/mol. The van der Waals surface area contributed by atoms with E-state index in [0.29, 0.717) is 12.1 Å². The van der Waals surface area contributed by atoms with Gasteiger partial charge < -0.3 is 16.0 Å². The van der Waals surface area contributed by atoms with Crippen molar-refractivity contribution in [3.8, 4) is 0 Å². The van der Waals surface area contributed by atoms with E-state index < -0.39 is 0 Å². The summed E-state index contributed by atoms with van der Waals surface area (Å²) in [6, 6.07) is 3.85. The van der Waals surface area contributed by atoms with E-state index in [1.807, 2.05) is 12.1 Å². The third-order valence-electron chi connectivity index (χ3n) is 5.45. The van der Waals surface area contributed by atoms with Crippen LogP contribution in [0, 0.1) is 5.92 Å². The van der Waals surface area contributed by atoms with Gasteiger partial charge in [0.1, 0.15) is 5.82 Å². The maximum atomic E-state index is 12.5. The number of hydrogen-bond acceptors (Lipinski definition) is 4. The summed E-state index contributed by atoms with van der Waals surface area (Å²) in [6.07, 6.45) is 8.36. The molecular formula is C18H28N4O. The summed E-state index contributed by atoms with van der Waals surface area (Å²) in [5.41, 5.74) is 6.31. The highest BCUT2D eigenvalue weighted by molar-refractivity contribution is 5.94. The van der Waals surface area contributed by atoms with Gasteiger partial charge in [-0.05, 0) is 43.7 Å². The summed E-state index contributed by atoms with van der Waals surface area (Å²) in [5.74, 6) is 1.72. The summed E-state index contributed by atoms with van der Waals surface area (Å²) < 4.78 is 0. The topological polar surface area (TPSA) is 71.2 Å². The Labute approximate surface area is 138 Å². The summed E-state index contributed by atoms with van der Waals surface area (Å²) in [6.45, 7) is 4.91. The lowest BCUT2D eigenvalue weighted by Crippen LogP contribution is -2.51. The van der Waals surface area contributed by atoms with Gasteiger partial charge in [0.25, 0.3) is 5.91 Å². The van der Waals surface area contributed by atoms with Crippen LogP contribution in [0.4, 0.5) is 5.82 Å². The molecule has 3 N–H and O–H groups in total. The first-order valence-corrected chi connectivity index (χ1v) is 8.85. The molecule has 0 aromatic carbocycles. The molecule has 2 fully saturated rings. The summed E-state index contributed by atoms with van der Waals surface area (Å²) in [5, 5.41) is 3.15. The average Bonchev–Trinajstić information content (AvgIpc) is 3.05. The van der Waals surface area contributed by atoms with Gasteiger partial charge >= 0.3 is 0 Å². The zero-order valence-corrected chi connectivity index (χ0v) is 14.1. The Bertz CT molecular complexity index is 528. The Hall–Kier alpha value is -1.62. The van der Waals surface area contributed by atoms with Crippen LogP contribution in [0.5, 0.6) is 0 Å². The maximum absolute atomic E-state index is 12.5. The van der Waals surface area contributed by atoms with Gasteiger partial charge in [-0.3, -0.25) is 4.79 Å². The quantitative estimate of drug-likeness (QED) is 0.894. The lowest BCUT2D eigenvalue weighted by Gasteiger charge is -2.31. The third-order valence-corrected chi connectivity index (χ3v) is 5.45. The molecule has 0 bridgehead atoms. The van der Waals surface area contributed by atoms with Crippen molar-refractivity contribution in [1.29, 1.82) is 0 Å². The number of amides is 1. The van der Waals surface area contributed by atoms with Gasteiger partial charge in [0, 0.05) is 25.8 Å². The number of hydrogen-bond donors (Lipinski definition) is 2. The fourth-order valence-corrected chi connectivity index (χ4v) is 3.69. The van der Waals surface area contributed by atoms with Crippen LogP contribution in [0.25, 0.3) is 0 Å². The van der Waals surface area contributed by atoms with Gasteiger partial charge in [-0.25, -0.2) is 4.98 Å². The normalized spacial score (nSPS) is 21.4. The molecule has 1 aliphatic carbocycles. The van der Waals surface area contributed by atoms with E-state index in [1.54, 1.807) is 6.20 Å². The van der Waals surface area contributed by atoms with E-state index in [-0.39, 0.29) is 11.4 Å². The van der Waals surface area contributed by atoms with Crippen molar-refractivity contribution in [2.24, 2.45) is 11.7 Å². The molecule has 23 heavy (non-hydrogen) atoms. The minimum Gasteiger partial charge on any atom is -0.357 e. The number of piperidine rings is 1. The molecule has 1 aromatic rings. The average molecular weight is 316 g/mol. The monoisotopic (exact) mass is 316 g/mol. The Morgan fingerprint density at radius 1 is 1.35 bits per heavy atom. The number of nitrogens with one attached hydrogen (secondary N) is 1. The number of carbonyl (C=O) groups excluding carboxylic acids is 1. The fourth-order valence-electron chi connectivity index (χ4n) is 3.69.